The van der Waals surface area contributed by atoms with E-state index in [1.807, 2.05) is 31.4 Å². The van der Waals surface area contributed by atoms with Gasteiger partial charge >= 0.3 is 5.97 Å². The molecule has 2 heterocycles. The fraction of sp³-hybridized carbons (Fsp3) is 0.250. The lowest BCUT2D eigenvalue weighted by atomic mass is 10.1. The van der Waals surface area contributed by atoms with Crippen LogP contribution in [0.1, 0.15) is 35.9 Å². The molecule has 0 amide bonds. The molecule has 0 atom stereocenters. The first-order chi connectivity index (χ1) is 8.09. The number of hydrogen-bond acceptors (Lipinski definition) is 4. The summed E-state index contributed by atoms with van der Waals surface area (Å²) in [5, 5.41) is 11.1. The third-order valence-electron chi connectivity index (χ3n) is 2.32. The van der Waals surface area contributed by atoms with Crippen molar-refractivity contribution in [2.24, 2.45) is 0 Å². The highest BCUT2D eigenvalue weighted by Crippen LogP contribution is 2.24. The predicted molar refractivity (Wildman–Crippen MR) is 66.4 cm³/mol. The van der Waals surface area contributed by atoms with Crippen molar-refractivity contribution in [3.05, 3.63) is 35.1 Å². The van der Waals surface area contributed by atoms with Gasteiger partial charge in [-0.1, -0.05) is 19.9 Å². The van der Waals surface area contributed by atoms with Crippen LogP contribution in [0, 0.1) is 0 Å². The van der Waals surface area contributed by atoms with Crippen LogP contribution < -0.4 is 0 Å². The number of nitrogens with zero attached hydrogens (tertiary/aromatic N) is 2. The van der Waals surface area contributed by atoms with Crippen LogP contribution in [0.4, 0.5) is 0 Å². The van der Waals surface area contributed by atoms with Crippen LogP contribution in [-0.2, 0) is 0 Å². The van der Waals surface area contributed by atoms with Gasteiger partial charge in [-0.15, -0.1) is 11.3 Å². The van der Waals surface area contributed by atoms with E-state index in [0.29, 0.717) is 11.4 Å². The fourth-order valence-electron chi connectivity index (χ4n) is 1.52. The minimum atomic E-state index is -1.03. The average Bonchev–Trinajstić information content (AvgIpc) is 2.81. The molecule has 2 aromatic heterocycles. The summed E-state index contributed by atoms with van der Waals surface area (Å²) in [5.41, 5.74) is 1.19. The molecule has 0 spiro atoms. The van der Waals surface area contributed by atoms with E-state index in [4.69, 9.17) is 5.11 Å². The van der Waals surface area contributed by atoms with E-state index in [9.17, 15) is 4.79 Å². The van der Waals surface area contributed by atoms with Crippen molar-refractivity contribution in [2.75, 3.05) is 0 Å². The highest BCUT2D eigenvalue weighted by atomic mass is 32.1. The third kappa shape index (κ3) is 2.34. The van der Waals surface area contributed by atoms with Crippen molar-refractivity contribution < 1.29 is 9.90 Å². The molecule has 4 nitrogen and oxygen atoms in total. The van der Waals surface area contributed by atoms with Crippen LogP contribution in [0.5, 0.6) is 0 Å². The first-order valence-electron chi connectivity index (χ1n) is 5.23. The molecule has 0 aliphatic rings. The van der Waals surface area contributed by atoms with Crippen LogP contribution in [0.15, 0.2) is 23.7 Å². The molecule has 0 aliphatic heterocycles. The first-order valence-corrected chi connectivity index (χ1v) is 6.11. The SMILES string of the molecule is CC(C)c1ncc(-c2cccs2)nc1C(=O)O. The van der Waals surface area contributed by atoms with Gasteiger partial charge in [0.1, 0.15) is 0 Å². The van der Waals surface area contributed by atoms with Gasteiger partial charge in [0.25, 0.3) is 0 Å². The molecule has 0 fully saturated rings. The predicted octanol–water partition coefficient (Wildman–Crippen LogP) is 3.03. The summed E-state index contributed by atoms with van der Waals surface area (Å²) in [7, 11) is 0. The molecule has 0 saturated carbocycles. The summed E-state index contributed by atoms with van der Waals surface area (Å²) in [6.07, 6.45) is 1.63. The standard InChI is InChI=1S/C12H12N2O2S/c1-7(2)10-11(12(15)16)14-8(6-13-10)9-4-3-5-17-9/h3-7H,1-2H3,(H,15,16). The van der Waals surface area contributed by atoms with Gasteiger partial charge in [-0.25, -0.2) is 9.78 Å². The maximum atomic E-state index is 11.1. The molecule has 2 aromatic rings. The van der Waals surface area contributed by atoms with Crippen LogP contribution >= 0.6 is 11.3 Å². The summed E-state index contributed by atoms with van der Waals surface area (Å²) < 4.78 is 0. The summed E-state index contributed by atoms with van der Waals surface area (Å²) >= 11 is 1.52. The second-order valence-corrected chi connectivity index (χ2v) is 4.87. The minimum Gasteiger partial charge on any atom is -0.476 e. The maximum Gasteiger partial charge on any atom is 0.356 e. The third-order valence-corrected chi connectivity index (χ3v) is 3.22. The van der Waals surface area contributed by atoms with Gasteiger partial charge in [-0.3, -0.25) is 4.98 Å². The topological polar surface area (TPSA) is 63.1 Å². The van der Waals surface area contributed by atoms with Crippen molar-refractivity contribution in [1.82, 2.24) is 9.97 Å². The average molecular weight is 248 g/mol. The smallest absolute Gasteiger partial charge is 0.356 e. The summed E-state index contributed by atoms with van der Waals surface area (Å²) in [6.45, 7) is 3.81. The van der Waals surface area contributed by atoms with Gasteiger partial charge in [0.2, 0.25) is 0 Å². The largest absolute Gasteiger partial charge is 0.476 e. The molecular formula is C12H12N2O2S. The Bertz CT molecular complexity index is 535. The molecule has 0 radical (unpaired) electrons. The normalized spacial score (nSPS) is 10.8. The van der Waals surface area contributed by atoms with E-state index in [0.717, 1.165) is 4.88 Å². The molecular weight excluding hydrogens is 236 g/mol. The zero-order valence-corrected chi connectivity index (χ0v) is 10.4. The van der Waals surface area contributed by atoms with E-state index in [1.54, 1.807) is 6.20 Å². The Morgan fingerprint density at radius 3 is 2.76 bits per heavy atom. The zero-order valence-electron chi connectivity index (χ0n) is 9.54. The minimum absolute atomic E-state index is 0.0471. The van der Waals surface area contributed by atoms with Gasteiger partial charge in [0.15, 0.2) is 5.69 Å². The monoisotopic (exact) mass is 248 g/mol. The Labute approximate surface area is 103 Å². The van der Waals surface area contributed by atoms with Crippen molar-refractivity contribution >= 4 is 17.3 Å². The number of carboxylic acids is 1. The lowest BCUT2D eigenvalue weighted by Crippen LogP contribution is -2.10. The highest BCUT2D eigenvalue weighted by molar-refractivity contribution is 7.13. The number of aromatic nitrogens is 2. The Kier molecular flexibility index (Phi) is 3.19. The molecule has 0 saturated heterocycles. The van der Waals surface area contributed by atoms with E-state index in [-0.39, 0.29) is 11.6 Å². The molecule has 88 valence electrons. The second kappa shape index (κ2) is 4.63. The van der Waals surface area contributed by atoms with Crippen molar-refractivity contribution in [2.45, 2.75) is 19.8 Å². The van der Waals surface area contributed by atoms with E-state index < -0.39 is 5.97 Å². The van der Waals surface area contributed by atoms with Crippen molar-refractivity contribution in [1.29, 1.82) is 0 Å². The van der Waals surface area contributed by atoms with Crippen molar-refractivity contribution in [3.63, 3.8) is 0 Å². The van der Waals surface area contributed by atoms with Crippen LogP contribution in [0.25, 0.3) is 10.6 Å². The van der Waals surface area contributed by atoms with Gasteiger partial charge in [-0.2, -0.15) is 0 Å². The molecule has 0 bridgehead atoms. The molecule has 0 aliphatic carbocycles. The summed E-state index contributed by atoms with van der Waals surface area (Å²) in [4.78, 5) is 20.5. The Morgan fingerprint density at radius 2 is 2.24 bits per heavy atom. The Balaban J connectivity index is 2.53. The Hall–Kier alpha value is -1.75. The fourth-order valence-corrected chi connectivity index (χ4v) is 2.20. The van der Waals surface area contributed by atoms with Crippen molar-refractivity contribution in [3.8, 4) is 10.6 Å². The number of rotatable bonds is 3. The quantitative estimate of drug-likeness (QED) is 0.906. The molecule has 0 unspecified atom stereocenters. The highest BCUT2D eigenvalue weighted by Gasteiger charge is 2.17. The van der Waals surface area contributed by atoms with Gasteiger partial charge in [0.05, 0.1) is 22.5 Å². The number of hydrogen-bond donors (Lipinski definition) is 1. The number of thiophene rings is 1. The van der Waals surface area contributed by atoms with Gasteiger partial charge < -0.3 is 5.11 Å². The first kappa shape index (κ1) is 11.7. The lowest BCUT2D eigenvalue weighted by molar-refractivity contribution is 0.0688. The molecule has 2 rings (SSSR count). The van der Waals surface area contributed by atoms with Crippen LogP contribution in [-0.4, -0.2) is 21.0 Å². The van der Waals surface area contributed by atoms with E-state index >= 15 is 0 Å². The number of carboxylic acid groups (broad SMARTS) is 1. The molecule has 1 N–H and O–H groups in total. The summed E-state index contributed by atoms with van der Waals surface area (Å²) in [6, 6.07) is 3.80. The number of carbonyl (C=O) groups is 1. The van der Waals surface area contributed by atoms with E-state index in [1.165, 1.54) is 11.3 Å². The zero-order chi connectivity index (χ0) is 12.4. The van der Waals surface area contributed by atoms with E-state index in [2.05, 4.69) is 9.97 Å². The summed E-state index contributed by atoms with van der Waals surface area (Å²) in [5.74, 6) is -0.981. The lowest BCUT2D eigenvalue weighted by Gasteiger charge is -2.08. The van der Waals surface area contributed by atoms with Crippen LogP contribution in [0.2, 0.25) is 0 Å². The molecule has 5 heteroatoms. The van der Waals surface area contributed by atoms with Crippen LogP contribution in [0.3, 0.4) is 0 Å². The molecule has 0 aromatic carbocycles. The number of aromatic carboxylic acids is 1. The van der Waals surface area contributed by atoms with Gasteiger partial charge in [-0.05, 0) is 17.4 Å². The maximum absolute atomic E-state index is 11.1. The van der Waals surface area contributed by atoms with Gasteiger partial charge in [0, 0.05) is 0 Å². The Morgan fingerprint density at radius 1 is 1.47 bits per heavy atom. The second-order valence-electron chi connectivity index (χ2n) is 3.93. The molecule has 17 heavy (non-hydrogen) atoms.